The SMILES string of the molecule is NC1=CCN=C(c2ccccc2F)c2ccncc21. The summed E-state index contributed by atoms with van der Waals surface area (Å²) in [6.07, 6.45) is 5.16. The van der Waals surface area contributed by atoms with Crippen molar-refractivity contribution in [3.05, 3.63) is 71.3 Å². The van der Waals surface area contributed by atoms with E-state index in [9.17, 15) is 4.39 Å². The van der Waals surface area contributed by atoms with E-state index in [1.807, 2.05) is 12.1 Å². The van der Waals surface area contributed by atoms with Crippen LogP contribution in [0.15, 0.2) is 53.8 Å². The van der Waals surface area contributed by atoms with Gasteiger partial charge in [-0.1, -0.05) is 12.1 Å². The van der Waals surface area contributed by atoms with Crippen molar-refractivity contribution < 1.29 is 4.39 Å². The molecule has 2 heterocycles. The maximum Gasteiger partial charge on any atom is 0.132 e. The molecule has 0 unspecified atom stereocenters. The van der Waals surface area contributed by atoms with Crippen LogP contribution >= 0.6 is 0 Å². The van der Waals surface area contributed by atoms with Crippen molar-refractivity contribution >= 4 is 11.4 Å². The largest absolute Gasteiger partial charge is 0.398 e. The lowest BCUT2D eigenvalue weighted by Crippen LogP contribution is -2.10. The van der Waals surface area contributed by atoms with Crippen LogP contribution in [0.4, 0.5) is 4.39 Å². The van der Waals surface area contributed by atoms with Crippen LogP contribution in [0.3, 0.4) is 0 Å². The molecular weight excluding hydrogens is 241 g/mol. The van der Waals surface area contributed by atoms with Gasteiger partial charge in [0.2, 0.25) is 0 Å². The zero-order chi connectivity index (χ0) is 13.2. The fraction of sp³-hybridized carbons (Fsp3) is 0.0667. The molecule has 19 heavy (non-hydrogen) atoms. The van der Waals surface area contributed by atoms with Crippen molar-refractivity contribution in [1.29, 1.82) is 0 Å². The Hall–Kier alpha value is -2.49. The molecule has 0 spiro atoms. The highest BCUT2D eigenvalue weighted by molar-refractivity contribution is 6.15. The van der Waals surface area contributed by atoms with Gasteiger partial charge >= 0.3 is 0 Å². The van der Waals surface area contributed by atoms with E-state index in [2.05, 4.69) is 9.98 Å². The van der Waals surface area contributed by atoms with Crippen molar-refractivity contribution in [3.63, 3.8) is 0 Å². The highest BCUT2D eigenvalue weighted by Crippen LogP contribution is 2.22. The number of aliphatic imine (C=N–C) groups is 1. The second-order valence-electron chi connectivity index (χ2n) is 4.25. The predicted molar refractivity (Wildman–Crippen MR) is 73.3 cm³/mol. The van der Waals surface area contributed by atoms with Crippen LogP contribution in [-0.2, 0) is 0 Å². The third-order valence-corrected chi connectivity index (χ3v) is 3.08. The summed E-state index contributed by atoms with van der Waals surface area (Å²) >= 11 is 0. The monoisotopic (exact) mass is 253 g/mol. The molecule has 3 nitrogen and oxygen atoms in total. The van der Waals surface area contributed by atoms with Gasteiger partial charge in [0, 0.05) is 34.8 Å². The summed E-state index contributed by atoms with van der Waals surface area (Å²) in [7, 11) is 0. The van der Waals surface area contributed by atoms with Gasteiger partial charge in [-0.15, -0.1) is 0 Å². The Labute approximate surface area is 110 Å². The zero-order valence-corrected chi connectivity index (χ0v) is 10.2. The highest BCUT2D eigenvalue weighted by atomic mass is 19.1. The average Bonchev–Trinajstić information content (AvgIpc) is 2.60. The Bertz CT molecular complexity index is 689. The van der Waals surface area contributed by atoms with Gasteiger partial charge in [0.05, 0.1) is 12.3 Å². The molecule has 0 bridgehead atoms. The molecule has 3 rings (SSSR count). The molecule has 1 aromatic carbocycles. The standard InChI is InChI=1S/C15H12FN3/c16-13-4-2-1-3-11(13)15-10-5-7-18-9-12(10)14(17)6-8-19-15/h1-7,9H,8,17H2. The first-order chi connectivity index (χ1) is 9.27. The fourth-order valence-electron chi connectivity index (χ4n) is 2.14. The Kier molecular flexibility index (Phi) is 2.83. The first-order valence-electron chi connectivity index (χ1n) is 5.97. The number of benzene rings is 1. The van der Waals surface area contributed by atoms with Crippen LogP contribution in [0.25, 0.3) is 5.70 Å². The van der Waals surface area contributed by atoms with Crippen LogP contribution in [0, 0.1) is 5.82 Å². The Morgan fingerprint density at radius 1 is 1.05 bits per heavy atom. The zero-order valence-electron chi connectivity index (χ0n) is 10.2. The Morgan fingerprint density at radius 2 is 1.89 bits per heavy atom. The van der Waals surface area contributed by atoms with Gasteiger partial charge in [-0.3, -0.25) is 9.98 Å². The summed E-state index contributed by atoms with van der Waals surface area (Å²) in [6, 6.07) is 8.42. The second kappa shape index (κ2) is 4.65. The van der Waals surface area contributed by atoms with E-state index < -0.39 is 0 Å². The van der Waals surface area contributed by atoms with Crippen LogP contribution in [0.2, 0.25) is 0 Å². The number of rotatable bonds is 1. The number of nitrogens with zero attached hydrogens (tertiary/aromatic N) is 2. The van der Waals surface area contributed by atoms with Crippen molar-refractivity contribution in [2.45, 2.75) is 0 Å². The molecular formula is C15H12FN3. The molecule has 0 aliphatic carbocycles. The average molecular weight is 253 g/mol. The van der Waals surface area contributed by atoms with E-state index in [1.165, 1.54) is 6.07 Å². The van der Waals surface area contributed by atoms with Gasteiger partial charge in [-0.2, -0.15) is 0 Å². The Morgan fingerprint density at radius 3 is 2.74 bits per heavy atom. The molecule has 0 fully saturated rings. The predicted octanol–water partition coefficient (Wildman–Crippen LogP) is 2.37. The maximum atomic E-state index is 14.0. The van der Waals surface area contributed by atoms with E-state index in [0.29, 0.717) is 23.5 Å². The third-order valence-electron chi connectivity index (χ3n) is 3.08. The number of fused-ring (bicyclic) bond motifs is 1. The summed E-state index contributed by atoms with van der Waals surface area (Å²) < 4.78 is 14.0. The van der Waals surface area contributed by atoms with Gasteiger partial charge in [-0.25, -0.2) is 4.39 Å². The van der Waals surface area contributed by atoms with Gasteiger partial charge in [0.25, 0.3) is 0 Å². The molecule has 94 valence electrons. The van der Waals surface area contributed by atoms with Crippen molar-refractivity contribution in [1.82, 2.24) is 4.98 Å². The molecule has 0 saturated carbocycles. The number of halogens is 1. The molecule has 1 aliphatic rings. The summed E-state index contributed by atoms with van der Waals surface area (Å²) in [4.78, 5) is 8.51. The number of aromatic nitrogens is 1. The lowest BCUT2D eigenvalue weighted by molar-refractivity contribution is 0.625. The van der Waals surface area contributed by atoms with Gasteiger partial charge < -0.3 is 5.73 Å². The maximum absolute atomic E-state index is 14.0. The molecule has 0 atom stereocenters. The molecule has 0 radical (unpaired) electrons. The van der Waals surface area contributed by atoms with Crippen molar-refractivity contribution in [2.24, 2.45) is 10.7 Å². The van der Waals surface area contributed by atoms with Crippen molar-refractivity contribution in [2.75, 3.05) is 6.54 Å². The highest BCUT2D eigenvalue weighted by Gasteiger charge is 2.17. The van der Waals surface area contributed by atoms with E-state index in [1.54, 1.807) is 30.6 Å². The van der Waals surface area contributed by atoms with E-state index in [-0.39, 0.29) is 5.82 Å². The molecule has 2 N–H and O–H groups in total. The lowest BCUT2D eigenvalue weighted by atomic mass is 9.98. The van der Waals surface area contributed by atoms with Crippen LogP contribution in [0.5, 0.6) is 0 Å². The van der Waals surface area contributed by atoms with Gasteiger partial charge in [0.15, 0.2) is 0 Å². The number of nitrogens with two attached hydrogens (primary N) is 1. The van der Waals surface area contributed by atoms with Crippen LogP contribution in [-0.4, -0.2) is 17.2 Å². The normalized spacial score (nSPS) is 14.2. The van der Waals surface area contributed by atoms with Gasteiger partial charge in [-0.05, 0) is 24.3 Å². The molecule has 4 heteroatoms. The first kappa shape index (κ1) is 11.6. The quantitative estimate of drug-likeness (QED) is 0.848. The summed E-state index contributed by atoms with van der Waals surface area (Å²) in [5, 5.41) is 0. The molecule has 2 aromatic rings. The minimum absolute atomic E-state index is 0.288. The van der Waals surface area contributed by atoms with E-state index in [4.69, 9.17) is 5.73 Å². The Balaban J connectivity index is 2.22. The molecule has 1 aromatic heterocycles. The molecule has 0 saturated heterocycles. The third kappa shape index (κ3) is 2.01. The number of pyridine rings is 1. The minimum atomic E-state index is -0.288. The summed E-state index contributed by atoms with van der Waals surface area (Å²) in [5.41, 5.74) is 9.31. The summed E-state index contributed by atoms with van der Waals surface area (Å²) in [6.45, 7) is 0.435. The van der Waals surface area contributed by atoms with Crippen LogP contribution in [0.1, 0.15) is 16.7 Å². The minimum Gasteiger partial charge on any atom is -0.398 e. The number of hydrogen-bond acceptors (Lipinski definition) is 3. The van der Waals surface area contributed by atoms with Gasteiger partial charge in [0.1, 0.15) is 5.82 Å². The van der Waals surface area contributed by atoms with E-state index >= 15 is 0 Å². The summed E-state index contributed by atoms with van der Waals surface area (Å²) in [5.74, 6) is -0.288. The van der Waals surface area contributed by atoms with Crippen LogP contribution < -0.4 is 5.73 Å². The van der Waals surface area contributed by atoms with Crippen molar-refractivity contribution in [3.8, 4) is 0 Å². The topological polar surface area (TPSA) is 51.3 Å². The van der Waals surface area contributed by atoms with E-state index in [0.717, 1.165) is 11.1 Å². The molecule has 1 aliphatic heterocycles. The second-order valence-corrected chi connectivity index (χ2v) is 4.25. The number of hydrogen-bond donors (Lipinski definition) is 1. The molecule has 0 amide bonds. The smallest absolute Gasteiger partial charge is 0.132 e. The first-order valence-corrected chi connectivity index (χ1v) is 5.97. The lowest BCUT2D eigenvalue weighted by Gasteiger charge is -2.10. The fourth-order valence-corrected chi connectivity index (χ4v) is 2.14.